The van der Waals surface area contributed by atoms with Crippen LogP contribution in [0.15, 0.2) is 24.3 Å². The van der Waals surface area contributed by atoms with Gasteiger partial charge in [-0.05, 0) is 25.8 Å². The van der Waals surface area contributed by atoms with E-state index in [0.717, 1.165) is 0 Å². The molecule has 1 rings (SSSR count). The maximum absolute atomic E-state index is 12.3. The molecule has 0 aliphatic carbocycles. The summed E-state index contributed by atoms with van der Waals surface area (Å²) in [6.07, 6.45) is 1.44. The Morgan fingerprint density at radius 1 is 1.35 bits per heavy atom. The first-order valence-electron chi connectivity index (χ1n) is 6.48. The summed E-state index contributed by atoms with van der Waals surface area (Å²) >= 11 is 0. The van der Waals surface area contributed by atoms with Gasteiger partial charge in [0.2, 0.25) is 5.91 Å². The van der Waals surface area contributed by atoms with E-state index in [9.17, 15) is 13.6 Å². The largest absolute Gasteiger partial charge is 0.434 e. The zero-order valence-corrected chi connectivity index (χ0v) is 11.3. The number of alkyl halides is 2. The molecule has 0 saturated heterocycles. The van der Waals surface area contributed by atoms with Crippen molar-refractivity contribution in [1.82, 2.24) is 5.32 Å². The van der Waals surface area contributed by atoms with Crippen molar-refractivity contribution in [3.8, 4) is 5.75 Å². The zero-order valence-electron chi connectivity index (χ0n) is 11.3. The van der Waals surface area contributed by atoms with Crippen LogP contribution in [0.25, 0.3) is 0 Å². The number of nitrogens with one attached hydrogen (secondary N) is 1. The first-order chi connectivity index (χ1) is 9.54. The predicted octanol–water partition coefficient (Wildman–Crippen LogP) is 2.63. The van der Waals surface area contributed by atoms with Crippen LogP contribution < -0.4 is 10.1 Å². The molecule has 1 aromatic carbocycles. The molecule has 0 heterocycles. The minimum absolute atomic E-state index is 0.0495. The molecule has 0 aliphatic heterocycles. The first kappa shape index (κ1) is 16.4. The second kappa shape index (κ2) is 8.47. The van der Waals surface area contributed by atoms with Crippen LogP contribution in [-0.2, 0) is 4.79 Å². The third-order valence-corrected chi connectivity index (χ3v) is 2.79. The van der Waals surface area contributed by atoms with Gasteiger partial charge < -0.3 is 15.2 Å². The Labute approximate surface area is 116 Å². The van der Waals surface area contributed by atoms with Crippen molar-refractivity contribution in [2.24, 2.45) is 0 Å². The van der Waals surface area contributed by atoms with Gasteiger partial charge in [0.15, 0.2) is 0 Å². The van der Waals surface area contributed by atoms with Crippen LogP contribution in [0.1, 0.15) is 37.8 Å². The normalized spacial score (nSPS) is 12.2. The molecule has 0 spiro atoms. The average molecular weight is 287 g/mol. The summed E-state index contributed by atoms with van der Waals surface area (Å²) in [5, 5.41) is 11.4. The van der Waals surface area contributed by atoms with E-state index < -0.39 is 12.7 Å². The van der Waals surface area contributed by atoms with Crippen molar-refractivity contribution in [2.75, 3.05) is 6.61 Å². The number of rotatable bonds is 8. The van der Waals surface area contributed by atoms with Crippen LogP contribution in [0.2, 0.25) is 0 Å². The van der Waals surface area contributed by atoms with Crippen molar-refractivity contribution in [2.45, 2.75) is 38.8 Å². The minimum Gasteiger partial charge on any atom is -0.434 e. The maximum Gasteiger partial charge on any atom is 0.387 e. The van der Waals surface area contributed by atoms with Gasteiger partial charge >= 0.3 is 6.61 Å². The van der Waals surface area contributed by atoms with Gasteiger partial charge in [-0.3, -0.25) is 4.79 Å². The molecule has 0 radical (unpaired) electrons. The topological polar surface area (TPSA) is 58.6 Å². The quantitative estimate of drug-likeness (QED) is 0.723. The molecule has 1 unspecified atom stereocenters. The van der Waals surface area contributed by atoms with Crippen LogP contribution in [0.4, 0.5) is 8.78 Å². The average Bonchev–Trinajstić information content (AvgIpc) is 2.38. The van der Waals surface area contributed by atoms with E-state index in [2.05, 4.69) is 10.1 Å². The number of hydrogen-bond acceptors (Lipinski definition) is 3. The van der Waals surface area contributed by atoms with E-state index >= 15 is 0 Å². The highest BCUT2D eigenvalue weighted by atomic mass is 19.3. The van der Waals surface area contributed by atoms with E-state index in [1.807, 2.05) is 0 Å². The fraction of sp³-hybridized carbons (Fsp3) is 0.500. The number of aliphatic hydroxyl groups is 1. The van der Waals surface area contributed by atoms with Crippen LogP contribution in [0, 0.1) is 0 Å². The summed E-state index contributed by atoms with van der Waals surface area (Å²) in [6.45, 7) is -1.14. The molecular weight excluding hydrogens is 268 g/mol. The van der Waals surface area contributed by atoms with Crippen LogP contribution in [-0.4, -0.2) is 24.2 Å². The van der Waals surface area contributed by atoms with Gasteiger partial charge in [0, 0.05) is 18.6 Å². The summed E-state index contributed by atoms with van der Waals surface area (Å²) < 4.78 is 29.0. The lowest BCUT2D eigenvalue weighted by atomic mass is 10.1. The Hall–Kier alpha value is -1.69. The van der Waals surface area contributed by atoms with Crippen molar-refractivity contribution < 1.29 is 23.4 Å². The molecule has 0 fully saturated rings. The molecular formula is C14H19F2NO3. The third-order valence-electron chi connectivity index (χ3n) is 2.79. The summed E-state index contributed by atoms with van der Waals surface area (Å²) in [6, 6.07) is 5.94. The molecule has 4 nitrogen and oxygen atoms in total. The predicted molar refractivity (Wildman–Crippen MR) is 70.6 cm³/mol. The Balaban J connectivity index is 2.62. The van der Waals surface area contributed by atoms with E-state index in [4.69, 9.17) is 5.11 Å². The van der Waals surface area contributed by atoms with Gasteiger partial charge in [-0.15, -0.1) is 0 Å². The number of carbonyl (C=O) groups excluding carboxylic acids is 1. The zero-order chi connectivity index (χ0) is 15.0. The number of hydrogen-bond donors (Lipinski definition) is 2. The molecule has 1 amide bonds. The molecule has 0 aliphatic rings. The number of ether oxygens (including phenoxy) is 1. The number of unbranched alkanes of at least 4 members (excludes halogenated alkanes) is 1. The highest BCUT2D eigenvalue weighted by molar-refractivity contribution is 5.76. The molecule has 0 bridgehead atoms. The lowest BCUT2D eigenvalue weighted by Crippen LogP contribution is -2.26. The van der Waals surface area contributed by atoms with Crippen LogP contribution in [0.3, 0.4) is 0 Å². The van der Waals surface area contributed by atoms with E-state index in [0.29, 0.717) is 24.8 Å². The number of carbonyl (C=O) groups is 1. The molecule has 20 heavy (non-hydrogen) atoms. The van der Waals surface area contributed by atoms with Gasteiger partial charge in [-0.25, -0.2) is 0 Å². The Bertz CT molecular complexity index is 427. The molecule has 1 atom stereocenters. The fourth-order valence-electron chi connectivity index (χ4n) is 1.83. The number of para-hydroxylation sites is 1. The number of amides is 1. The SMILES string of the molecule is CC(NC(=O)CCCCO)c1ccccc1OC(F)F. The minimum atomic E-state index is -2.90. The van der Waals surface area contributed by atoms with Crippen molar-refractivity contribution >= 4 is 5.91 Å². The Morgan fingerprint density at radius 2 is 2.05 bits per heavy atom. The van der Waals surface area contributed by atoms with Gasteiger partial charge in [-0.2, -0.15) is 8.78 Å². The second-order valence-corrected chi connectivity index (χ2v) is 4.39. The second-order valence-electron chi connectivity index (χ2n) is 4.39. The highest BCUT2D eigenvalue weighted by Gasteiger charge is 2.16. The summed E-state index contributed by atoms with van der Waals surface area (Å²) in [5.74, 6) is -0.122. The van der Waals surface area contributed by atoms with Crippen molar-refractivity contribution in [3.63, 3.8) is 0 Å². The van der Waals surface area contributed by atoms with Crippen molar-refractivity contribution in [3.05, 3.63) is 29.8 Å². The Morgan fingerprint density at radius 3 is 2.70 bits per heavy atom. The lowest BCUT2D eigenvalue weighted by molar-refractivity contribution is -0.121. The van der Waals surface area contributed by atoms with Gasteiger partial charge in [0.05, 0.1) is 6.04 Å². The highest BCUT2D eigenvalue weighted by Crippen LogP contribution is 2.26. The van der Waals surface area contributed by atoms with Gasteiger partial charge in [-0.1, -0.05) is 18.2 Å². The van der Waals surface area contributed by atoms with Gasteiger partial charge in [0.1, 0.15) is 5.75 Å². The molecule has 0 aromatic heterocycles. The van der Waals surface area contributed by atoms with E-state index in [-0.39, 0.29) is 18.3 Å². The summed E-state index contributed by atoms with van der Waals surface area (Å²) in [4.78, 5) is 11.7. The van der Waals surface area contributed by atoms with Crippen LogP contribution in [0.5, 0.6) is 5.75 Å². The van der Waals surface area contributed by atoms with E-state index in [1.54, 1.807) is 25.1 Å². The lowest BCUT2D eigenvalue weighted by Gasteiger charge is -2.18. The number of aliphatic hydroxyl groups excluding tert-OH is 1. The first-order valence-corrected chi connectivity index (χ1v) is 6.48. The maximum atomic E-state index is 12.3. The van der Waals surface area contributed by atoms with Crippen molar-refractivity contribution in [1.29, 1.82) is 0 Å². The third kappa shape index (κ3) is 5.52. The molecule has 2 N–H and O–H groups in total. The molecule has 0 saturated carbocycles. The monoisotopic (exact) mass is 287 g/mol. The standard InChI is InChI=1S/C14H19F2NO3/c1-10(17-13(19)8-4-5-9-18)11-6-2-3-7-12(11)20-14(15)16/h2-3,6-7,10,14,18H,4-5,8-9H2,1H3,(H,17,19). The number of halogens is 2. The van der Waals surface area contributed by atoms with Crippen LogP contribution >= 0.6 is 0 Å². The fourth-order valence-corrected chi connectivity index (χ4v) is 1.83. The molecule has 6 heteroatoms. The van der Waals surface area contributed by atoms with Gasteiger partial charge in [0.25, 0.3) is 0 Å². The summed E-state index contributed by atoms with van der Waals surface area (Å²) in [5.41, 5.74) is 0.503. The number of benzene rings is 1. The smallest absolute Gasteiger partial charge is 0.387 e. The van der Waals surface area contributed by atoms with E-state index in [1.165, 1.54) is 6.07 Å². The molecule has 1 aromatic rings. The summed E-state index contributed by atoms with van der Waals surface area (Å²) in [7, 11) is 0. The Kier molecular flexibility index (Phi) is 6.93. The molecule has 112 valence electrons.